The number of nitrogens with zero attached hydrogens (tertiary/aromatic N) is 3. The van der Waals surface area contributed by atoms with Gasteiger partial charge in [0.1, 0.15) is 18.1 Å². The molecule has 0 aliphatic carbocycles. The smallest absolute Gasteiger partial charge is 0.276 e. The lowest BCUT2D eigenvalue weighted by atomic mass is 10.1. The summed E-state index contributed by atoms with van der Waals surface area (Å²) in [7, 11) is 0. The molecule has 12 heteroatoms. The molecule has 1 aliphatic heterocycles. The molecule has 0 saturated carbocycles. The quantitative estimate of drug-likeness (QED) is 0.249. The minimum absolute atomic E-state index is 0.0390. The number of carbonyl (C=O) groups excluding carboxylic acids is 2. The third kappa shape index (κ3) is 5.87. The van der Waals surface area contributed by atoms with Gasteiger partial charge in [-0.25, -0.2) is 9.97 Å². The number of ether oxygens (including phenoxy) is 1. The lowest BCUT2D eigenvalue weighted by Gasteiger charge is -2.26. The number of nitrogens with one attached hydrogen (secondary N) is 4. The van der Waals surface area contributed by atoms with Crippen molar-refractivity contribution in [1.29, 1.82) is 0 Å². The Morgan fingerprint density at radius 2 is 1.81 bits per heavy atom. The molecule has 1 saturated heterocycles. The monoisotopic (exact) mass is 541 g/mol. The fourth-order valence-corrected chi connectivity index (χ4v) is 4.70. The first-order chi connectivity index (χ1) is 18.0. The maximum atomic E-state index is 12.9. The van der Waals surface area contributed by atoms with Crippen LogP contribution in [-0.2, 0) is 0 Å². The molecular weight excluding hydrogens is 517 g/mol. The summed E-state index contributed by atoms with van der Waals surface area (Å²) in [6, 6.07) is 10.4. The summed E-state index contributed by atoms with van der Waals surface area (Å²) in [6.45, 7) is 3.75. The topological polar surface area (TPSA) is 128 Å². The summed E-state index contributed by atoms with van der Waals surface area (Å²) in [4.78, 5) is 42.3. The molecule has 192 valence electrons. The van der Waals surface area contributed by atoms with E-state index in [4.69, 9.17) is 27.9 Å². The van der Waals surface area contributed by atoms with Gasteiger partial charge >= 0.3 is 0 Å². The van der Waals surface area contributed by atoms with Crippen LogP contribution in [0.4, 0.5) is 11.6 Å². The Hall–Kier alpha value is -3.60. The number of fused-ring (bicyclic) bond motifs is 1. The number of carbonyl (C=O) groups is 2. The van der Waals surface area contributed by atoms with Gasteiger partial charge in [-0.1, -0.05) is 35.7 Å². The number of piperidine rings is 1. The molecule has 2 aromatic heterocycles. The number of anilines is 2. The van der Waals surface area contributed by atoms with Gasteiger partial charge in [-0.15, -0.1) is 0 Å². The van der Waals surface area contributed by atoms with Crippen LogP contribution in [0.15, 0.2) is 42.7 Å². The van der Waals surface area contributed by atoms with Crippen molar-refractivity contribution in [2.75, 3.05) is 36.9 Å². The van der Waals surface area contributed by atoms with E-state index >= 15 is 0 Å². The fraction of sp³-hybridized carbons (Fsp3) is 0.280. The number of aromatic nitrogens is 4. The molecule has 2 aromatic carbocycles. The van der Waals surface area contributed by atoms with E-state index in [9.17, 15) is 9.59 Å². The summed E-state index contributed by atoms with van der Waals surface area (Å²) in [5.74, 6) is -0.292. The number of likely N-dealkylation sites (tertiary alicyclic amines) is 1. The molecule has 3 heterocycles. The van der Waals surface area contributed by atoms with Gasteiger partial charge in [0.25, 0.3) is 11.8 Å². The molecule has 0 atom stereocenters. The fourth-order valence-electron chi connectivity index (χ4n) is 4.21. The first-order valence-electron chi connectivity index (χ1n) is 11.9. The molecular formula is C25H25Cl2N7O3. The number of hydrogen-bond donors (Lipinski definition) is 4. The first kappa shape index (κ1) is 25.1. The molecule has 0 radical (unpaired) electrons. The Balaban J connectivity index is 1.23. The van der Waals surface area contributed by atoms with Crippen LogP contribution >= 0.6 is 23.2 Å². The van der Waals surface area contributed by atoms with Gasteiger partial charge in [0.15, 0.2) is 5.69 Å². The number of imidazole rings is 2. The molecule has 2 amide bonds. The molecule has 4 N–H and O–H groups in total. The number of hydrogen-bond acceptors (Lipinski definition) is 6. The number of amides is 2. The van der Waals surface area contributed by atoms with E-state index in [2.05, 4.69) is 35.5 Å². The summed E-state index contributed by atoms with van der Waals surface area (Å²) in [5.41, 5.74) is 1.45. The zero-order valence-electron chi connectivity index (χ0n) is 19.8. The van der Waals surface area contributed by atoms with Crippen molar-refractivity contribution in [2.24, 2.45) is 0 Å². The Kier molecular flexibility index (Phi) is 7.59. The maximum Gasteiger partial charge on any atom is 0.276 e. The number of H-pyrrole nitrogens is 2. The highest BCUT2D eigenvalue weighted by molar-refractivity contribution is 6.40. The SMILES string of the molecule is O=C(Nc1c(Cl)cccc1Cl)c1nc[nH]c1C(=O)Nc1nc2ccc(OCCN3CCCCC3)cc2[nH]1. The van der Waals surface area contributed by atoms with Gasteiger partial charge < -0.3 is 20.0 Å². The number of rotatable bonds is 8. The average molecular weight is 542 g/mol. The molecule has 0 spiro atoms. The van der Waals surface area contributed by atoms with E-state index in [1.165, 1.54) is 25.6 Å². The largest absolute Gasteiger partial charge is 0.492 e. The minimum Gasteiger partial charge on any atom is -0.492 e. The van der Waals surface area contributed by atoms with Crippen LogP contribution in [0.5, 0.6) is 5.75 Å². The van der Waals surface area contributed by atoms with Gasteiger partial charge in [-0.3, -0.25) is 19.8 Å². The van der Waals surface area contributed by atoms with E-state index in [1.807, 2.05) is 18.2 Å². The number of para-hydroxylation sites is 1. The van der Waals surface area contributed by atoms with Gasteiger partial charge in [0.05, 0.1) is 33.1 Å². The van der Waals surface area contributed by atoms with Crippen LogP contribution in [0.25, 0.3) is 11.0 Å². The van der Waals surface area contributed by atoms with Crippen LogP contribution in [0.1, 0.15) is 40.2 Å². The van der Waals surface area contributed by atoms with Gasteiger partial charge in [0, 0.05) is 12.6 Å². The second-order valence-electron chi connectivity index (χ2n) is 8.65. The summed E-state index contributed by atoms with van der Waals surface area (Å²) < 4.78 is 5.92. The van der Waals surface area contributed by atoms with Crippen molar-refractivity contribution in [3.05, 3.63) is 64.2 Å². The van der Waals surface area contributed by atoms with E-state index in [0.29, 0.717) is 17.6 Å². The molecule has 1 fully saturated rings. The van der Waals surface area contributed by atoms with Crippen molar-refractivity contribution < 1.29 is 14.3 Å². The van der Waals surface area contributed by atoms with Crippen molar-refractivity contribution in [3.8, 4) is 5.75 Å². The highest BCUT2D eigenvalue weighted by Crippen LogP contribution is 2.30. The zero-order valence-corrected chi connectivity index (χ0v) is 21.3. The Morgan fingerprint density at radius 3 is 2.59 bits per heavy atom. The van der Waals surface area contributed by atoms with Crippen LogP contribution in [0.3, 0.4) is 0 Å². The van der Waals surface area contributed by atoms with Crippen molar-refractivity contribution >= 4 is 57.7 Å². The Bertz CT molecular complexity index is 1410. The predicted octanol–water partition coefficient (Wildman–Crippen LogP) is 4.96. The number of halogens is 2. The molecule has 37 heavy (non-hydrogen) atoms. The van der Waals surface area contributed by atoms with Gasteiger partial charge in [0.2, 0.25) is 5.95 Å². The normalized spacial score (nSPS) is 14.0. The van der Waals surface area contributed by atoms with E-state index in [0.717, 1.165) is 25.4 Å². The third-order valence-corrected chi connectivity index (χ3v) is 6.72. The molecule has 1 aliphatic rings. The average Bonchev–Trinajstić information content (AvgIpc) is 3.54. The lowest BCUT2D eigenvalue weighted by molar-refractivity contribution is 0.0985. The molecule has 4 aromatic rings. The summed E-state index contributed by atoms with van der Waals surface area (Å²) in [6.07, 6.45) is 5.05. The lowest BCUT2D eigenvalue weighted by Crippen LogP contribution is -2.33. The maximum absolute atomic E-state index is 12.9. The third-order valence-electron chi connectivity index (χ3n) is 6.09. The first-order valence-corrected chi connectivity index (χ1v) is 12.7. The number of aromatic amines is 2. The second kappa shape index (κ2) is 11.2. The summed E-state index contributed by atoms with van der Waals surface area (Å²) in [5, 5.41) is 5.79. The Morgan fingerprint density at radius 1 is 1.03 bits per heavy atom. The van der Waals surface area contributed by atoms with Crippen LogP contribution in [0.2, 0.25) is 10.0 Å². The van der Waals surface area contributed by atoms with Gasteiger partial charge in [-0.2, -0.15) is 0 Å². The van der Waals surface area contributed by atoms with Crippen LogP contribution < -0.4 is 15.4 Å². The zero-order chi connectivity index (χ0) is 25.8. The van der Waals surface area contributed by atoms with Crippen LogP contribution in [-0.4, -0.2) is 62.9 Å². The minimum atomic E-state index is -0.641. The van der Waals surface area contributed by atoms with Crippen molar-refractivity contribution in [2.45, 2.75) is 19.3 Å². The predicted molar refractivity (Wildman–Crippen MR) is 143 cm³/mol. The Labute approximate surface area is 222 Å². The molecule has 10 nitrogen and oxygen atoms in total. The molecule has 5 rings (SSSR count). The van der Waals surface area contributed by atoms with Crippen molar-refractivity contribution in [3.63, 3.8) is 0 Å². The number of benzene rings is 2. The van der Waals surface area contributed by atoms with Crippen LogP contribution in [0, 0.1) is 0 Å². The molecule has 0 bridgehead atoms. The molecule has 0 unspecified atom stereocenters. The summed E-state index contributed by atoms with van der Waals surface area (Å²) >= 11 is 12.3. The van der Waals surface area contributed by atoms with E-state index < -0.39 is 11.8 Å². The second-order valence-corrected chi connectivity index (χ2v) is 9.46. The standard InChI is InChI=1S/C25H25Cl2N7O3/c26-16-5-4-6-17(27)20(16)32-23(35)21-22(29-14-28-21)24(36)33-25-30-18-8-7-15(13-19(18)31-25)37-12-11-34-9-2-1-3-10-34/h4-8,13-14H,1-3,9-12H2,(H,28,29)(H,32,35)(H2,30,31,33,36). The highest BCUT2D eigenvalue weighted by atomic mass is 35.5. The van der Waals surface area contributed by atoms with Crippen molar-refractivity contribution in [1.82, 2.24) is 24.8 Å². The van der Waals surface area contributed by atoms with E-state index in [-0.39, 0.29) is 33.1 Å². The highest BCUT2D eigenvalue weighted by Gasteiger charge is 2.23. The van der Waals surface area contributed by atoms with E-state index in [1.54, 1.807) is 18.2 Å². The van der Waals surface area contributed by atoms with Gasteiger partial charge in [-0.05, 0) is 50.2 Å².